The van der Waals surface area contributed by atoms with Crippen molar-refractivity contribution in [3.8, 4) is 0 Å². The summed E-state index contributed by atoms with van der Waals surface area (Å²) in [6, 6.07) is 7.23. The average Bonchev–Trinajstić information content (AvgIpc) is 3.13. The van der Waals surface area contributed by atoms with Gasteiger partial charge in [-0.2, -0.15) is 0 Å². The Morgan fingerprint density at radius 3 is 3.00 bits per heavy atom. The maximum Gasteiger partial charge on any atom is 0.230 e. The lowest BCUT2D eigenvalue weighted by atomic mass is 10.1. The maximum atomic E-state index is 12.2. The Morgan fingerprint density at radius 1 is 1.45 bits per heavy atom. The molecule has 0 spiro atoms. The van der Waals surface area contributed by atoms with Crippen LogP contribution in [0, 0.1) is 12.8 Å². The highest BCUT2D eigenvalue weighted by Gasteiger charge is 2.34. The maximum absolute atomic E-state index is 12.2. The number of aromatic nitrogens is 1. The third-order valence-corrected chi connectivity index (χ3v) is 3.67. The van der Waals surface area contributed by atoms with Crippen LogP contribution in [0.4, 0.5) is 5.82 Å². The van der Waals surface area contributed by atoms with Crippen molar-refractivity contribution >= 4 is 17.6 Å². The molecule has 1 saturated heterocycles. The van der Waals surface area contributed by atoms with Crippen LogP contribution in [0.15, 0.2) is 41.1 Å². The third-order valence-electron chi connectivity index (χ3n) is 3.67. The monoisotopic (exact) mass is 299 g/mol. The Morgan fingerprint density at radius 2 is 2.32 bits per heavy atom. The zero-order valence-electron chi connectivity index (χ0n) is 12.3. The number of carbonyl (C=O) groups excluding carboxylic acids is 2. The van der Waals surface area contributed by atoms with Gasteiger partial charge in [0, 0.05) is 19.2 Å². The van der Waals surface area contributed by atoms with Gasteiger partial charge in [0.2, 0.25) is 11.8 Å². The number of aryl methyl sites for hydroxylation is 1. The first kappa shape index (κ1) is 14.3. The normalized spacial score (nSPS) is 17.8. The van der Waals surface area contributed by atoms with Crippen LogP contribution in [0.2, 0.25) is 0 Å². The second-order valence-corrected chi connectivity index (χ2v) is 5.46. The van der Waals surface area contributed by atoms with Gasteiger partial charge in [0.15, 0.2) is 0 Å². The number of nitrogens with one attached hydrogen (secondary N) is 1. The summed E-state index contributed by atoms with van der Waals surface area (Å²) in [5, 5.41) is 2.76. The molecule has 2 aromatic rings. The summed E-state index contributed by atoms with van der Waals surface area (Å²) >= 11 is 0. The van der Waals surface area contributed by atoms with Crippen molar-refractivity contribution in [1.82, 2.24) is 9.88 Å². The summed E-state index contributed by atoms with van der Waals surface area (Å²) in [4.78, 5) is 30.0. The van der Waals surface area contributed by atoms with Crippen LogP contribution >= 0.6 is 0 Å². The predicted molar refractivity (Wildman–Crippen MR) is 79.8 cm³/mol. The number of hydrogen-bond acceptors (Lipinski definition) is 4. The highest BCUT2D eigenvalue weighted by atomic mass is 16.3. The van der Waals surface area contributed by atoms with Crippen molar-refractivity contribution < 1.29 is 14.0 Å². The summed E-state index contributed by atoms with van der Waals surface area (Å²) < 4.78 is 5.24. The molecule has 1 aliphatic heterocycles. The van der Waals surface area contributed by atoms with E-state index in [1.54, 1.807) is 29.5 Å². The van der Waals surface area contributed by atoms with E-state index in [4.69, 9.17) is 4.42 Å². The predicted octanol–water partition coefficient (Wildman–Crippen LogP) is 1.97. The van der Waals surface area contributed by atoms with Gasteiger partial charge in [-0.3, -0.25) is 9.59 Å². The molecule has 3 rings (SSSR count). The number of rotatable bonds is 4. The minimum Gasteiger partial charge on any atom is -0.467 e. The number of amides is 2. The van der Waals surface area contributed by atoms with Crippen molar-refractivity contribution in [3.05, 3.63) is 48.0 Å². The molecule has 2 amide bonds. The molecule has 0 radical (unpaired) electrons. The lowest BCUT2D eigenvalue weighted by Gasteiger charge is -2.14. The fraction of sp³-hybridized carbons (Fsp3) is 0.312. The Bertz CT molecular complexity index is 664. The average molecular weight is 299 g/mol. The van der Waals surface area contributed by atoms with E-state index in [9.17, 15) is 9.59 Å². The molecular weight excluding hydrogens is 282 g/mol. The highest BCUT2D eigenvalue weighted by molar-refractivity contribution is 5.96. The minimum atomic E-state index is -0.356. The first-order valence-corrected chi connectivity index (χ1v) is 7.15. The lowest BCUT2D eigenvalue weighted by molar-refractivity contribution is -0.128. The number of nitrogens with zero attached hydrogens (tertiary/aromatic N) is 2. The van der Waals surface area contributed by atoms with E-state index in [2.05, 4.69) is 10.3 Å². The molecular formula is C16H17N3O3. The molecule has 2 aromatic heterocycles. The van der Waals surface area contributed by atoms with Gasteiger partial charge in [-0.25, -0.2) is 4.98 Å². The number of likely N-dealkylation sites (tertiary alicyclic amines) is 1. The fourth-order valence-electron chi connectivity index (χ4n) is 2.46. The summed E-state index contributed by atoms with van der Waals surface area (Å²) in [6.07, 6.45) is 3.49. The minimum absolute atomic E-state index is 0.0339. The summed E-state index contributed by atoms with van der Waals surface area (Å²) in [5.41, 5.74) is 1.03. The Labute approximate surface area is 128 Å². The molecule has 3 heterocycles. The summed E-state index contributed by atoms with van der Waals surface area (Å²) in [5.74, 6) is 0.660. The number of carbonyl (C=O) groups is 2. The van der Waals surface area contributed by atoms with Gasteiger partial charge in [-0.1, -0.05) is 6.07 Å². The second kappa shape index (κ2) is 6.01. The zero-order chi connectivity index (χ0) is 15.5. The van der Waals surface area contributed by atoms with Gasteiger partial charge < -0.3 is 14.6 Å². The topological polar surface area (TPSA) is 75.4 Å². The smallest absolute Gasteiger partial charge is 0.230 e. The molecule has 1 aliphatic rings. The van der Waals surface area contributed by atoms with Crippen LogP contribution in [-0.2, 0) is 16.1 Å². The molecule has 0 aromatic carbocycles. The van der Waals surface area contributed by atoms with Crippen molar-refractivity contribution in [2.75, 3.05) is 11.9 Å². The largest absolute Gasteiger partial charge is 0.467 e. The van der Waals surface area contributed by atoms with Crippen molar-refractivity contribution in [2.45, 2.75) is 19.9 Å². The zero-order valence-corrected chi connectivity index (χ0v) is 12.3. The Hall–Kier alpha value is -2.63. The van der Waals surface area contributed by atoms with Crippen LogP contribution in [0.1, 0.15) is 17.7 Å². The molecule has 1 N–H and O–H groups in total. The second-order valence-electron chi connectivity index (χ2n) is 5.46. The first-order valence-electron chi connectivity index (χ1n) is 7.15. The van der Waals surface area contributed by atoms with E-state index in [0.29, 0.717) is 18.9 Å². The van der Waals surface area contributed by atoms with Crippen LogP contribution in [0.5, 0.6) is 0 Å². The molecule has 6 heteroatoms. The van der Waals surface area contributed by atoms with E-state index in [1.807, 2.05) is 19.1 Å². The SMILES string of the molecule is Cc1ccc(NC(=O)[C@@H]2CC(=O)N(Cc3ccco3)C2)nc1. The van der Waals surface area contributed by atoms with Gasteiger partial charge >= 0.3 is 0 Å². The quantitative estimate of drug-likeness (QED) is 0.936. The van der Waals surface area contributed by atoms with E-state index in [1.165, 1.54) is 0 Å². The van der Waals surface area contributed by atoms with E-state index in [0.717, 1.165) is 11.3 Å². The van der Waals surface area contributed by atoms with Gasteiger partial charge in [-0.05, 0) is 30.7 Å². The summed E-state index contributed by atoms with van der Waals surface area (Å²) in [6.45, 7) is 2.73. The number of furan rings is 1. The molecule has 0 saturated carbocycles. The fourth-order valence-corrected chi connectivity index (χ4v) is 2.46. The standard InChI is InChI=1S/C16H17N3O3/c1-11-4-5-14(17-8-11)18-16(21)12-7-15(20)19(9-12)10-13-3-2-6-22-13/h2-6,8,12H,7,9-10H2,1H3,(H,17,18,21)/t12-/m1/s1. The number of pyridine rings is 1. The van der Waals surface area contributed by atoms with Gasteiger partial charge in [0.25, 0.3) is 0 Å². The number of anilines is 1. The van der Waals surface area contributed by atoms with Crippen molar-refractivity contribution in [1.29, 1.82) is 0 Å². The van der Waals surface area contributed by atoms with Gasteiger partial charge in [0.1, 0.15) is 11.6 Å². The Kier molecular flexibility index (Phi) is 3.91. The van der Waals surface area contributed by atoms with Crippen LogP contribution < -0.4 is 5.32 Å². The van der Waals surface area contributed by atoms with Crippen molar-refractivity contribution in [3.63, 3.8) is 0 Å². The molecule has 6 nitrogen and oxygen atoms in total. The van der Waals surface area contributed by atoms with Crippen molar-refractivity contribution in [2.24, 2.45) is 5.92 Å². The molecule has 1 atom stereocenters. The first-order chi connectivity index (χ1) is 10.6. The molecule has 0 unspecified atom stereocenters. The van der Waals surface area contributed by atoms with E-state index < -0.39 is 0 Å². The number of hydrogen-bond donors (Lipinski definition) is 1. The van der Waals surface area contributed by atoms with Crippen LogP contribution in [0.25, 0.3) is 0 Å². The molecule has 0 aliphatic carbocycles. The lowest BCUT2D eigenvalue weighted by Crippen LogP contribution is -2.28. The van der Waals surface area contributed by atoms with Gasteiger partial charge in [-0.15, -0.1) is 0 Å². The van der Waals surface area contributed by atoms with Crippen LogP contribution in [-0.4, -0.2) is 28.2 Å². The van der Waals surface area contributed by atoms with E-state index in [-0.39, 0.29) is 24.2 Å². The molecule has 1 fully saturated rings. The molecule has 22 heavy (non-hydrogen) atoms. The van der Waals surface area contributed by atoms with Gasteiger partial charge in [0.05, 0.1) is 18.7 Å². The third kappa shape index (κ3) is 3.16. The Balaban J connectivity index is 1.60. The highest BCUT2D eigenvalue weighted by Crippen LogP contribution is 2.21. The molecule has 0 bridgehead atoms. The summed E-state index contributed by atoms with van der Waals surface area (Å²) in [7, 11) is 0. The van der Waals surface area contributed by atoms with E-state index >= 15 is 0 Å². The molecule has 114 valence electrons. The van der Waals surface area contributed by atoms with Crippen LogP contribution in [0.3, 0.4) is 0 Å².